The van der Waals surface area contributed by atoms with Crippen molar-refractivity contribution in [1.82, 2.24) is 14.8 Å². The number of aryl methyl sites for hydroxylation is 1. The number of nitrogens with one attached hydrogen (secondary N) is 1. The highest BCUT2D eigenvalue weighted by Gasteiger charge is 2.23. The number of hydrogen-bond donors (Lipinski definition) is 2. The summed E-state index contributed by atoms with van der Waals surface area (Å²) in [7, 11) is 1.75. The molecule has 1 aliphatic carbocycles. The van der Waals surface area contributed by atoms with Gasteiger partial charge < -0.3 is 15.6 Å². The molecule has 0 bridgehead atoms. The van der Waals surface area contributed by atoms with Crippen molar-refractivity contribution < 1.29 is 14.5 Å². The third-order valence-electron chi connectivity index (χ3n) is 5.66. The number of rotatable bonds is 7. The van der Waals surface area contributed by atoms with Crippen LogP contribution in [0.15, 0.2) is 52.8 Å². The van der Waals surface area contributed by atoms with Crippen molar-refractivity contribution >= 4 is 35.0 Å². The Labute approximate surface area is 193 Å². The molecule has 2 aromatic carbocycles. The Balaban J connectivity index is 1.65. The first kappa shape index (κ1) is 22.5. The third-order valence-corrected chi connectivity index (χ3v) is 6.79. The lowest BCUT2D eigenvalue weighted by Crippen LogP contribution is -2.17. The van der Waals surface area contributed by atoms with Crippen molar-refractivity contribution in [1.29, 1.82) is 0 Å². The quantitative estimate of drug-likeness (QED) is 0.397. The topological polar surface area (TPSA) is 146 Å². The van der Waals surface area contributed by atoms with E-state index < -0.39 is 16.7 Å². The fraction of sp³-hybridized carbons (Fsp3) is 0.273. The number of non-ortho nitro benzene ring substituents is 1. The van der Waals surface area contributed by atoms with Gasteiger partial charge in [-0.25, -0.2) is 0 Å². The summed E-state index contributed by atoms with van der Waals surface area (Å²) in [5.74, 6) is -0.822. The van der Waals surface area contributed by atoms with Crippen LogP contribution in [0.3, 0.4) is 0 Å². The summed E-state index contributed by atoms with van der Waals surface area (Å²) in [4.78, 5) is 36.4. The maximum Gasteiger partial charge on any atom is 0.270 e. The number of anilines is 1. The fourth-order valence-corrected chi connectivity index (χ4v) is 4.87. The Hall–Kier alpha value is -3.73. The Bertz CT molecular complexity index is 1240. The second kappa shape index (κ2) is 9.41. The molecule has 1 aliphatic rings. The maximum absolute atomic E-state index is 13.1. The summed E-state index contributed by atoms with van der Waals surface area (Å²) < 4.78 is 1.68. The highest BCUT2D eigenvalue weighted by atomic mass is 32.2. The van der Waals surface area contributed by atoms with Gasteiger partial charge in [0.2, 0.25) is 5.91 Å². The molecule has 11 heteroatoms. The molecule has 1 aromatic heterocycles. The zero-order valence-corrected chi connectivity index (χ0v) is 18.7. The first-order valence-corrected chi connectivity index (χ1v) is 11.2. The lowest BCUT2D eigenvalue weighted by atomic mass is 9.92. The van der Waals surface area contributed by atoms with Crippen molar-refractivity contribution in [2.45, 2.75) is 41.7 Å². The van der Waals surface area contributed by atoms with E-state index in [2.05, 4.69) is 15.5 Å². The minimum Gasteiger partial charge on any atom is -0.366 e. The summed E-state index contributed by atoms with van der Waals surface area (Å²) in [5.41, 5.74) is 7.18. The van der Waals surface area contributed by atoms with Gasteiger partial charge in [-0.15, -0.1) is 10.2 Å². The van der Waals surface area contributed by atoms with E-state index in [0.717, 1.165) is 31.2 Å². The van der Waals surface area contributed by atoms with E-state index >= 15 is 0 Å². The van der Waals surface area contributed by atoms with Crippen molar-refractivity contribution in [2.75, 3.05) is 5.32 Å². The molecule has 3 N–H and O–H groups in total. The number of carbonyl (C=O) groups excluding carboxylic acids is 2. The number of carbonyl (C=O) groups is 2. The van der Waals surface area contributed by atoms with E-state index in [0.29, 0.717) is 21.3 Å². The van der Waals surface area contributed by atoms with Gasteiger partial charge in [0, 0.05) is 35.3 Å². The third kappa shape index (κ3) is 4.87. The van der Waals surface area contributed by atoms with Crippen LogP contribution in [0.2, 0.25) is 0 Å². The number of nitro benzene ring substituents is 1. The van der Waals surface area contributed by atoms with Crippen LogP contribution < -0.4 is 11.1 Å². The van der Waals surface area contributed by atoms with Gasteiger partial charge in [-0.1, -0.05) is 18.9 Å². The first-order chi connectivity index (χ1) is 15.8. The number of aromatic nitrogens is 3. The highest BCUT2D eigenvalue weighted by molar-refractivity contribution is 7.99. The van der Waals surface area contributed by atoms with Crippen LogP contribution in [0, 0.1) is 10.1 Å². The number of hydrogen-bond acceptors (Lipinski definition) is 7. The largest absolute Gasteiger partial charge is 0.366 e. The molecule has 0 spiro atoms. The number of benzene rings is 2. The molecule has 1 heterocycles. The van der Waals surface area contributed by atoms with Crippen LogP contribution in [0.4, 0.5) is 11.4 Å². The summed E-state index contributed by atoms with van der Waals surface area (Å²) in [6.45, 7) is 0. The van der Waals surface area contributed by atoms with Gasteiger partial charge >= 0.3 is 0 Å². The molecule has 4 rings (SSSR count). The SMILES string of the molecule is Cn1cnnc1Sc1ccc([N+](=O)[O-])cc1C(=O)Nc1ccc(C2CCCC2)c(C(N)=O)c1. The zero-order chi connectivity index (χ0) is 23.5. The summed E-state index contributed by atoms with van der Waals surface area (Å²) in [6.07, 6.45) is 5.75. The molecule has 10 nitrogen and oxygen atoms in total. The predicted octanol–water partition coefficient (Wildman–Crippen LogP) is 3.88. The average molecular weight is 467 g/mol. The average Bonchev–Trinajstić information content (AvgIpc) is 3.46. The van der Waals surface area contributed by atoms with E-state index in [1.54, 1.807) is 23.7 Å². The van der Waals surface area contributed by atoms with Crippen molar-refractivity contribution in [2.24, 2.45) is 12.8 Å². The van der Waals surface area contributed by atoms with Crippen molar-refractivity contribution in [3.05, 3.63) is 69.5 Å². The molecule has 3 aromatic rings. The number of nitro groups is 1. The Morgan fingerprint density at radius 2 is 1.94 bits per heavy atom. The molecule has 1 saturated carbocycles. The van der Waals surface area contributed by atoms with E-state index in [1.807, 2.05) is 6.07 Å². The number of nitrogens with two attached hydrogens (primary N) is 1. The normalized spacial score (nSPS) is 13.7. The molecule has 170 valence electrons. The van der Waals surface area contributed by atoms with E-state index in [-0.39, 0.29) is 17.2 Å². The second-order valence-electron chi connectivity index (χ2n) is 7.87. The number of amides is 2. The lowest BCUT2D eigenvalue weighted by molar-refractivity contribution is -0.384. The minimum atomic E-state index is -0.560. The molecular formula is C22H22N6O4S. The molecule has 0 saturated heterocycles. The van der Waals surface area contributed by atoms with Crippen LogP contribution in [-0.4, -0.2) is 31.5 Å². The molecule has 0 unspecified atom stereocenters. The zero-order valence-electron chi connectivity index (χ0n) is 17.9. The standard InChI is InChI=1S/C22H22N6O4S/c1-27-12-24-26-22(27)33-19-9-7-15(28(31)32)11-18(19)21(30)25-14-6-8-16(13-4-2-3-5-13)17(10-14)20(23)29/h6-13H,2-5H2,1H3,(H2,23,29)(H,25,30). The van der Waals surface area contributed by atoms with Crippen LogP contribution >= 0.6 is 11.8 Å². The Morgan fingerprint density at radius 1 is 1.18 bits per heavy atom. The highest BCUT2D eigenvalue weighted by Crippen LogP contribution is 2.37. The van der Waals surface area contributed by atoms with Crippen molar-refractivity contribution in [3.8, 4) is 0 Å². The summed E-state index contributed by atoms with van der Waals surface area (Å²) in [5, 5.41) is 22.4. The van der Waals surface area contributed by atoms with Gasteiger partial charge in [-0.05, 0) is 54.3 Å². The van der Waals surface area contributed by atoms with Crippen LogP contribution in [-0.2, 0) is 7.05 Å². The van der Waals surface area contributed by atoms with Crippen LogP contribution in [0.5, 0.6) is 0 Å². The maximum atomic E-state index is 13.1. The van der Waals surface area contributed by atoms with E-state index in [1.165, 1.54) is 36.3 Å². The van der Waals surface area contributed by atoms with Crippen LogP contribution in [0.1, 0.15) is 57.9 Å². The molecular weight excluding hydrogens is 444 g/mol. The second-order valence-corrected chi connectivity index (χ2v) is 8.87. The molecule has 2 amide bonds. The first-order valence-electron chi connectivity index (χ1n) is 10.4. The minimum absolute atomic E-state index is 0.109. The van der Waals surface area contributed by atoms with Crippen LogP contribution in [0.25, 0.3) is 0 Å². The Kier molecular flexibility index (Phi) is 6.40. The number of nitrogens with zero attached hydrogens (tertiary/aromatic N) is 4. The molecule has 33 heavy (non-hydrogen) atoms. The molecule has 0 radical (unpaired) electrons. The molecule has 0 atom stereocenters. The van der Waals surface area contributed by atoms with Gasteiger partial charge in [-0.3, -0.25) is 19.7 Å². The predicted molar refractivity (Wildman–Crippen MR) is 122 cm³/mol. The van der Waals surface area contributed by atoms with Gasteiger partial charge in [0.25, 0.3) is 11.6 Å². The molecule has 0 aliphatic heterocycles. The molecule has 1 fully saturated rings. The van der Waals surface area contributed by atoms with E-state index in [4.69, 9.17) is 5.73 Å². The lowest BCUT2D eigenvalue weighted by Gasteiger charge is -2.16. The smallest absolute Gasteiger partial charge is 0.270 e. The fourth-order valence-electron chi connectivity index (χ4n) is 4.00. The van der Waals surface area contributed by atoms with E-state index in [9.17, 15) is 19.7 Å². The van der Waals surface area contributed by atoms with Gasteiger partial charge in [-0.2, -0.15) is 0 Å². The monoisotopic (exact) mass is 466 g/mol. The van der Waals surface area contributed by atoms with Crippen molar-refractivity contribution in [3.63, 3.8) is 0 Å². The Morgan fingerprint density at radius 3 is 2.58 bits per heavy atom. The summed E-state index contributed by atoms with van der Waals surface area (Å²) in [6, 6.07) is 9.18. The van der Waals surface area contributed by atoms with Gasteiger partial charge in [0.15, 0.2) is 5.16 Å². The number of primary amides is 1. The summed E-state index contributed by atoms with van der Waals surface area (Å²) >= 11 is 1.17. The van der Waals surface area contributed by atoms with Gasteiger partial charge in [0.05, 0.1) is 10.5 Å². The van der Waals surface area contributed by atoms with Gasteiger partial charge in [0.1, 0.15) is 6.33 Å².